The highest BCUT2D eigenvalue weighted by Crippen LogP contribution is 2.33. The molecule has 2 heterocycles. The van der Waals surface area contributed by atoms with Crippen LogP contribution in [0.3, 0.4) is 0 Å². The van der Waals surface area contributed by atoms with Crippen molar-refractivity contribution in [2.45, 2.75) is 12.8 Å². The Labute approximate surface area is 187 Å². The number of fused-ring (bicyclic) bond motifs is 1. The summed E-state index contributed by atoms with van der Waals surface area (Å²) in [7, 11) is 0. The van der Waals surface area contributed by atoms with Crippen molar-refractivity contribution in [2.75, 3.05) is 6.61 Å². The molecular weight excluding hydrogens is 458 g/mol. The van der Waals surface area contributed by atoms with Crippen LogP contribution in [0, 0.1) is 0 Å². The van der Waals surface area contributed by atoms with Gasteiger partial charge in [-0.3, -0.25) is 15.0 Å². The van der Waals surface area contributed by atoms with E-state index in [4.69, 9.17) is 10.3 Å². The van der Waals surface area contributed by atoms with Crippen molar-refractivity contribution in [1.29, 1.82) is 0 Å². The number of pyridine rings is 2. The fourth-order valence-corrected chi connectivity index (χ4v) is 4.09. The van der Waals surface area contributed by atoms with Gasteiger partial charge in [-0.15, -0.1) is 0 Å². The predicted molar refractivity (Wildman–Crippen MR) is 123 cm³/mol. The van der Waals surface area contributed by atoms with Crippen LogP contribution in [0.25, 0.3) is 33.3 Å². The number of aromatic nitrogens is 2. The maximum Gasteiger partial charge on any atom is 0.275 e. The van der Waals surface area contributed by atoms with Crippen LogP contribution in [-0.4, -0.2) is 32.8 Å². The molecule has 0 aliphatic carbocycles. The molecule has 0 unspecified atom stereocenters. The van der Waals surface area contributed by atoms with E-state index in [9.17, 15) is 4.79 Å². The summed E-state index contributed by atoms with van der Waals surface area (Å²) in [4.78, 5) is 20.9. The maximum atomic E-state index is 12.2. The molecule has 3 N–H and O–H groups in total. The second-order valence-corrected chi connectivity index (χ2v) is 7.96. The molecule has 2 aromatic heterocycles. The number of hydrogen-bond acceptors (Lipinski definition) is 5. The van der Waals surface area contributed by atoms with E-state index in [1.807, 2.05) is 18.2 Å². The standard InChI is InChI=1S/C24H20BrN3O3/c25-21-12-17(16-5-3-15(4-6-16)2-1-11-29)7-8-18(21)23-13-19(24(30)28-31)20-14-26-10-9-22(20)27-23/h3-10,12-14,29,31H,1-2,11H2,(H,28,30). The van der Waals surface area contributed by atoms with Crippen LogP contribution in [-0.2, 0) is 6.42 Å². The van der Waals surface area contributed by atoms with Gasteiger partial charge in [-0.05, 0) is 47.7 Å². The van der Waals surface area contributed by atoms with Crippen molar-refractivity contribution in [3.63, 3.8) is 0 Å². The number of halogens is 1. The predicted octanol–water partition coefficient (Wildman–Crippen LogP) is 4.77. The molecule has 6 nitrogen and oxygen atoms in total. The summed E-state index contributed by atoms with van der Waals surface area (Å²) in [5.74, 6) is -0.615. The van der Waals surface area contributed by atoms with Crippen molar-refractivity contribution in [2.24, 2.45) is 0 Å². The molecule has 0 fully saturated rings. The molecule has 0 radical (unpaired) electrons. The molecule has 0 saturated heterocycles. The first-order chi connectivity index (χ1) is 15.1. The van der Waals surface area contributed by atoms with Crippen LogP contribution >= 0.6 is 15.9 Å². The van der Waals surface area contributed by atoms with E-state index in [0.29, 0.717) is 22.2 Å². The van der Waals surface area contributed by atoms with Gasteiger partial charge in [-0.2, -0.15) is 0 Å². The van der Waals surface area contributed by atoms with Crippen LogP contribution < -0.4 is 5.48 Å². The van der Waals surface area contributed by atoms with Crippen molar-refractivity contribution in [1.82, 2.24) is 15.4 Å². The minimum atomic E-state index is -0.615. The largest absolute Gasteiger partial charge is 0.396 e. The normalized spacial score (nSPS) is 10.9. The molecule has 0 spiro atoms. The zero-order chi connectivity index (χ0) is 21.8. The number of hydroxylamine groups is 1. The van der Waals surface area contributed by atoms with E-state index in [-0.39, 0.29) is 6.61 Å². The Morgan fingerprint density at radius 2 is 1.81 bits per heavy atom. The van der Waals surface area contributed by atoms with Crippen molar-refractivity contribution >= 4 is 32.7 Å². The first kappa shape index (κ1) is 21.1. The average Bonchev–Trinajstić information content (AvgIpc) is 2.81. The molecule has 7 heteroatoms. The molecule has 0 aliphatic rings. The Hall–Kier alpha value is -3.13. The molecule has 2 aromatic carbocycles. The van der Waals surface area contributed by atoms with E-state index < -0.39 is 5.91 Å². The molecule has 0 atom stereocenters. The number of nitrogens with zero attached hydrogens (tertiary/aromatic N) is 2. The lowest BCUT2D eigenvalue weighted by Crippen LogP contribution is -2.19. The smallest absolute Gasteiger partial charge is 0.275 e. The molecule has 0 saturated carbocycles. The summed E-state index contributed by atoms with van der Waals surface area (Å²) < 4.78 is 0.839. The van der Waals surface area contributed by atoms with Gasteiger partial charge >= 0.3 is 0 Å². The summed E-state index contributed by atoms with van der Waals surface area (Å²) >= 11 is 3.64. The van der Waals surface area contributed by atoms with Crippen molar-refractivity contribution < 1.29 is 15.1 Å². The van der Waals surface area contributed by atoms with E-state index >= 15 is 0 Å². The third kappa shape index (κ3) is 4.49. The van der Waals surface area contributed by atoms with Gasteiger partial charge in [0.2, 0.25) is 0 Å². The van der Waals surface area contributed by atoms with Crippen LogP contribution in [0.1, 0.15) is 22.3 Å². The topological polar surface area (TPSA) is 95.3 Å². The van der Waals surface area contributed by atoms with Crippen molar-refractivity contribution in [3.8, 4) is 22.4 Å². The van der Waals surface area contributed by atoms with Gasteiger partial charge in [-0.1, -0.05) is 52.3 Å². The van der Waals surface area contributed by atoms with Gasteiger partial charge < -0.3 is 5.11 Å². The summed E-state index contributed by atoms with van der Waals surface area (Å²) in [5.41, 5.74) is 7.35. The number of carbonyl (C=O) groups excluding carboxylic acids is 1. The lowest BCUT2D eigenvalue weighted by atomic mass is 9.99. The number of aryl methyl sites for hydroxylation is 1. The highest BCUT2D eigenvalue weighted by molar-refractivity contribution is 9.10. The zero-order valence-electron chi connectivity index (χ0n) is 16.5. The van der Waals surface area contributed by atoms with E-state index in [1.165, 1.54) is 5.56 Å². The minimum absolute atomic E-state index is 0.192. The van der Waals surface area contributed by atoms with Crippen LogP contribution in [0.5, 0.6) is 0 Å². The fraction of sp³-hybridized carbons (Fsp3) is 0.125. The molecule has 0 aliphatic heterocycles. The average molecular weight is 478 g/mol. The fourth-order valence-electron chi connectivity index (χ4n) is 3.50. The molecular formula is C24H20BrN3O3. The molecule has 1 amide bonds. The summed E-state index contributed by atoms with van der Waals surface area (Å²) in [6, 6.07) is 17.6. The van der Waals surface area contributed by atoms with Gasteiger partial charge in [0.15, 0.2) is 0 Å². The van der Waals surface area contributed by atoms with Crippen LogP contribution in [0.4, 0.5) is 0 Å². The zero-order valence-corrected chi connectivity index (χ0v) is 18.1. The quantitative estimate of drug-likeness (QED) is 0.274. The number of nitrogens with one attached hydrogen (secondary N) is 1. The Morgan fingerprint density at radius 3 is 2.52 bits per heavy atom. The van der Waals surface area contributed by atoms with Gasteiger partial charge in [0.25, 0.3) is 5.91 Å². The lowest BCUT2D eigenvalue weighted by Gasteiger charge is -2.11. The maximum absolute atomic E-state index is 12.2. The SMILES string of the molecule is O=C(NO)c1cc(-c2ccc(-c3ccc(CCCO)cc3)cc2Br)nc2ccncc12. The lowest BCUT2D eigenvalue weighted by molar-refractivity contribution is 0.0708. The Bertz CT molecular complexity index is 1240. The first-order valence-corrected chi connectivity index (χ1v) is 10.6. The van der Waals surface area contributed by atoms with E-state index in [1.54, 1.807) is 30.0 Å². The molecule has 156 valence electrons. The second-order valence-electron chi connectivity index (χ2n) is 7.11. The van der Waals surface area contributed by atoms with Gasteiger partial charge in [-0.25, -0.2) is 10.5 Å². The van der Waals surface area contributed by atoms with Crippen molar-refractivity contribution in [3.05, 3.63) is 82.6 Å². The molecule has 4 rings (SSSR count). The monoisotopic (exact) mass is 477 g/mol. The third-order valence-electron chi connectivity index (χ3n) is 5.11. The molecule has 0 bridgehead atoms. The number of aliphatic hydroxyl groups excluding tert-OH is 1. The highest BCUT2D eigenvalue weighted by atomic mass is 79.9. The number of aliphatic hydroxyl groups is 1. The van der Waals surface area contributed by atoms with E-state index in [0.717, 1.165) is 34.0 Å². The number of carbonyl (C=O) groups is 1. The number of hydrogen-bond donors (Lipinski definition) is 3. The number of amides is 1. The Kier molecular flexibility index (Phi) is 6.36. The minimum Gasteiger partial charge on any atom is -0.396 e. The molecule has 31 heavy (non-hydrogen) atoms. The van der Waals surface area contributed by atoms with Gasteiger partial charge in [0.1, 0.15) is 0 Å². The highest BCUT2D eigenvalue weighted by Gasteiger charge is 2.15. The Balaban J connectivity index is 1.71. The van der Waals surface area contributed by atoms with Gasteiger partial charge in [0, 0.05) is 34.4 Å². The summed E-state index contributed by atoms with van der Waals surface area (Å²) in [6.07, 6.45) is 4.78. The van der Waals surface area contributed by atoms with Gasteiger partial charge in [0.05, 0.1) is 16.8 Å². The number of rotatable bonds is 6. The molecule has 4 aromatic rings. The van der Waals surface area contributed by atoms with E-state index in [2.05, 4.69) is 50.2 Å². The van der Waals surface area contributed by atoms with Crippen LogP contribution in [0.15, 0.2) is 71.5 Å². The summed E-state index contributed by atoms with van der Waals surface area (Å²) in [6.45, 7) is 0.192. The second kappa shape index (κ2) is 9.34. The Morgan fingerprint density at radius 1 is 1.03 bits per heavy atom. The third-order valence-corrected chi connectivity index (χ3v) is 5.77. The summed E-state index contributed by atoms with van der Waals surface area (Å²) in [5, 5.41) is 18.7. The first-order valence-electron chi connectivity index (χ1n) is 9.80. The van der Waals surface area contributed by atoms with Crippen LogP contribution in [0.2, 0.25) is 0 Å². The number of benzene rings is 2.